The highest BCUT2D eigenvalue weighted by molar-refractivity contribution is 6.31. The Labute approximate surface area is 121 Å². The number of amides is 1. The highest BCUT2D eigenvalue weighted by Gasteiger charge is 2.40. The molecule has 1 aliphatic heterocycles. The van der Waals surface area contributed by atoms with E-state index in [4.69, 9.17) is 11.6 Å². The molecule has 3 heterocycles. The van der Waals surface area contributed by atoms with E-state index in [-0.39, 0.29) is 11.9 Å². The fourth-order valence-electron chi connectivity index (χ4n) is 3.36. The predicted molar refractivity (Wildman–Crippen MR) is 76.0 cm³/mol. The van der Waals surface area contributed by atoms with Crippen LogP contribution in [0.2, 0.25) is 5.02 Å². The lowest BCUT2D eigenvalue weighted by Crippen LogP contribution is -2.48. The summed E-state index contributed by atoms with van der Waals surface area (Å²) >= 11 is 5.94. The molecule has 0 spiro atoms. The summed E-state index contributed by atoms with van der Waals surface area (Å²) in [6, 6.07) is 4.24. The van der Waals surface area contributed by atoms with Gasteiger partial charge in [-0.1, -0.05) is 11.6 Å². The van der Waals surface area contributed by atoms with Crippen LogP contribution in [-0.4, -0.2) is 33.9 Å². The number of hydrogen-bond donors (Lipinski definition) is 2. The zero-order chi connectivity index (χ0) is 13.7. The first-order valence-electron chi connectivity index (χ1n) is 6.86. The maximum Gasteiger partial charge on any atom is 0.270 e. The number of carbonyl (C=O) groups excluding carboxylic acids is 1. The summed E-state index contributed by atoms with van der Waals surface area (Å²) in [7, 11) is 0. The molecule has 2 bridgehead atoms. The second-order valence-electron chi connectivity index (χ2n) is 5.70. The fourth-order valence-corrected chi connectivity index (χ4v) is 3.57. The van der Waals surface area contributed by atoms with Crippen molar-refractivity contribution in [3.05, 3.63) is 35.4 Å². The third-order valence-corrected chi connectivity index (χ3v) is 4.54. The van der Waals surface area contributed by atoms with Gasteiger partial charge < -0.3 is 15.0 Å². The monoisotopic (exact) mass is 290 g/mol. The third-order valence-electron chi connectivity index (χ3n) is 4.33. The van der Waals surface area contributed by atoms with Gasteiger partial charge in [-0.15, -0.1) is 0 Å². The van der Waals surface area contributed by atoms with Gasteiger partial charge in [-0.05, 0) is 37.4 Å². The first kappa shape index (κ1) is 12.2. The van der Waals surface area contributed by atoms with E-state index >= 15 is 0 Å². The molecular formula is C14H15ClN4O. The SMILES string of the molecule is O=C(NC1CC2CNC1C2)c1cc2cc(Cl)cn2cn1. The molecule has 1 saturated carbocycles. The van der Waals surface area contributed by atoms with E-state index in [1.54, 1.807) is 23.0 Å². The molecular weight excluding hydrogens is 276 g/mol. The molecule has 1 aliphatic carbocycles. The highest BCUT2D eigenvalue weighted by atomic mass is 35.5. The summed E-state index contributed by atoms with van der Waals surface area (Å²) in [6.45, 7) is 1.09. The van der Waals surface area contributed by atoms with Crippen molar-refractivity contribution >= 4 is 23.0 Å². The van der Waals surface area contributed by atoms with E-state index in [1.807, 2.05) is 6.07 Å². The maximum absolute atomic E-state index is 12.3. The average molecular weight is 291 g/mol. The van der Waals surface area contributed by atoms with Crippen molar-refractivity contribution in [3.8, 4) is 0 Å². The van der Waals surface area contributed by atoms with Crippen LogP contribution in [0.4, 0.5) is 0 Å². The van der Waals surface area contributed by atoms with Gasteiger partial charge in [0.15, 0.2) is 0 Å². The number of aromatic nitrogens is 2. The maximum atomic E-state index is 12.3. The smallest absolute Gasteiger partial charge is 0.270 e. The van der Waals surface area contributed by atoms with Crippen LogP contribution in [0.15, 0.2) is 24.7 Å². The van der Waals surface area contributed by atoms with Crippen LogP contribution in [0.5, 0.6) is 0 Å². The summed E-state index contributed by atoms with van der Waals surface area (Å²) in [5, 5.41) is 7.17. The molecule has 3 unspecified atom stereocenters. The number of halogens is 1. The van der Waals surface area contributed by atoms with Crippen LogP contribution in [0.1, 0.15) is 23.3 Å². The minimum Gasteiger partial charge on any atom is -0.346 e. The third kappa shape index (κ3) is 1.98. The van der Waals surface area contributed by atoms with Crippen molar-refractivity contribution in [1.29, 1.82) is 0 Å². The Bertz CT molecular complexity index is 683. The minimum absolute atomic E-state index is 0.107. The van der Waals surface area contributed by atoms with Gasteiger partial charge in [0.05, 0.1) is 10.5 Å². The first-order chi connectivity index (χ1) is 9.69. The van der Waals surface area contributed by atoms with E-state index in [1.165, 1.54) is 6.42 Å². The Morgan fingerprint density at radius 1 is 1.45 bits per heavy atom. The molecule has 104 valence electrons. The van der Waals surface area contributed by atoms with E-state index in [9.17, 15) is 4.79 Å². The summed E-state index contributed by atoms with van der Waals surface area (Å²) in [5.74, 6) is 0.606. The van der Waals surface area contributed by atoms with Crippen molar-refractivity contribution < 1.29 is 4.79 Å². The molecule has 2 fully saturated rings. The Morgan fingerprint density at radius 2 is 2.35 bits per heavy atom. The molecule has 1 amide bonds. The molecule has 1 saturated heterocycles. The summed E-state index contributed by atoms with van der Waals surface area (Å²) < 4.78 is 1.80. The summed E-state index contributed by atoms with van der Waals surface area (Å²) in [6.07, 6.45) is 5.63. The van der Waals surface area contributed by atoms with Gasteiger partial charge in [0.1, 0.15) is 12.0 Å². The van der Waals surface area contributed by atoms with Crippen LogP contribution < -0.4 is 10.6 Å². The van der Waals surface area contributed by atoms with Crippen molar-refractivity contribution in [2.24, 2.45) is 5.92 Å². The Hall–Kier alpha value is -1.59. The number of carbonyl (C=O) groups is 1. The van der Waals surface area contributed by atoms with Crippen molar-refractivity contribution in [3.63, 3.8) is 0 Å². The van der Waals surface area contributed by atoms with Crippen LogP contribution in [0.3, 0.4) is 0 Å². The second-order valence-corrected chi connectivity index (χ2v) is 6.13. The predicted octanol–water partition coefficient (Wildman–Crippen LogP) is 1.47. The molecule has 2 aliphatic rings. The van der Waals surface area contributed by atoms with Crippen molar-refractivity contribution in [1.82, 2.24) is 20.0 Å². The fraction of sp³-hybridized carbons (Fsp3) is 0.429. The van der Waals surface area contributed by atoms with Crippen molar-refractivity contribution in [2.45, 2.75) is 24.9 Å². The van der Waals surface area contributed by atoms with Gasteiger partial charge in [0.25, 0.3) is 5.91 Å². The van der Waals surface area contributed by atoms with Gasteiger partial charge in [-0.2, -0.15) is 0 Å². The van der Waals surface area contributed by atoms with Crippen molar-refractivity contribution in [2.75, 3.05) is 6.54 Å². The standard InChI is InChI=1S/C14H15ClN4O/c15-9-3-10-4-13(17-7-19(10)6-9)14(20)18-12-2-8-1-11(12)16-5-8/h3-4,6-8,11-12,16H,1-2,5H2,(H,18,20). The Morgan fingerprint density at radius 3 is 3.10 bits per heavy atom. The topological polar surface area (TPSA) is 58.4 Å². The Kier molecular flexibility index (Phi) is 2.72. The quantitative estimate of drug-likeness (QED) is 0.880. The van der Waals surface area contributed by atoms with Crippen LogP contribution in [0, 0.1) is 5.92 Å². The number of hydrogen-bond acceptors (Lipinski definition) is 3. The summed E-state index contributed by atoms with van der Waals surface area (Å²) in [4.78, 5) is 16.5. The Balaban J connectivity index is 1.54. The molecule has 4 rings (SSSR count). The molecule has 2 N–H and O–H groups in total. The molecule has 0 aromatic carbocycles. The number of nitrogens with one attached hydrogen (secondary N) is 2. The van der Waals surface area contributed by atoms with Gasteiger partial charge in [0.2, 0.25) is 0 Å². The van der Waals surface area contributed by atoms with Gasteiger partial charge in [0, 0.05) is 18.3 Å². The van der Waals surface area contributed by atoms with E-state index in [2.05, 4.69) is 15.6 Å². The molecule has 3 atom stereocenters. The normalized spacial score (nSPS) is 28.1. The molecule has 0 radical (unpaired) electrons. The molecule has 5 nitrogen and oxygen atoms in total. The molecule has 20 heavy (non-hydrogen) atoms. The number of nitrogens with zero attached hydrogens (tertiary/aromatic N) is 2. The average Bonchev–Trinajstić information content (AvgIpc) is 3.10. The largest absolute Gasteiger partial charge is 0.346 e. The zero-order valence-corrected chi connectivity index (χ0v) is 11.6. The minimum atomic E-state index is -0.107. The molecule has 2 aromatic rings. The van der Waals surface area contributed by atoms with Gasteiger partial charge in [-0.25, -0.2) is 4.98 Å². The molecule has 2 aromatic heterocycles. The zero-order valence-electron chi connectivity index (χ0n) is 10.8. The van der Waals surface area contributed by atoms with Crippen LogP contribution >= 0.6 is 11.6 Å². The second kappa shape index (κ2) is 4.46. The van der Waals surface area contributed by atoms with E-state index in [0.29, 0.717) is 22.7 Å². The lowest BCUT2D eigenvalue weighted by Gasteiger charge is -2.23. The number of piperidine rings is 1. The van der Waals surface area contributed by atoms with Crippen LogP contribution in [0.25, 0.3) is 5.52 Å². The highest BCUT2D eigenvalue weighted by Crippen LogP contribution is 2.31. The number of rotatable bonds is 2. The lowest BCUT2D eigenvalue weighted by molar-refractivity contribution is 0.0923. The molecule has 6 heteroatoms. The first-order valence-corrected chi connectivity index (χ1v) is 7.24. The van der Waals surface area contributed by atoms with Gasteiger partial charge >= 0.3 is 0 Å². The van der Waals surface area contributed by atoms with E-state index < -0.39 is 0 Å². The van der Waals surface area contributed by atoms with Gasteiger partial charge in [-0.3, -0.25) is 4.79 Å². The number of fused-ring (bicyclic) bond motifs is 3. The lowest BCUT2D eigenvalue weighted by atomic mass is 10.1. The van der Waals surface area contributed by atoms with E-state index in [0.717, 1.165) is 18.5 Å². The van der Waals surface area contributed by atoms with Crippen LogP contribution in [-0.2, 0) is 0 Å². The summed E-state index contributed by atoms with van der Waals surface area (Å²) in [5.41, 5.74) is 1.32.